The van der Waals surface area contributed by atoms with Crippen LogP contribution < -0.4 is 9.47 Å². The smallest absolute Gasteiger partial charge is 0.159 e. The van der Waals surface area contributed by atoms with E-state index in [-0.39, 0.29) is 6.61 Å². The van der Waals surface area contributed by atoms with E-state index in [1.807, 2.05) is 67.8 Å². The third-order valence-corrected chi connectivity index (χ3v) is 6.25. The van der Waals surface area contributed by atoms with Crippen LogP contribution in [0.2, 0.25) is 0 Å². The molecule has 0 aliphatic carbocycles. The van der Waals surface area contributed by atoms with Crippen LogP contribution in [0.1, 0.15) is 78.1 Å². The Morgan fingerprint density at radius 2 is 1.19 bits per heavy atom. The van der Waals surface area contributed by atoms with Crippen molar-refractivity contribution in [3.05, 3.63) is 60.9 Å². The summed E-state index contributed by atoms with van der Waals surface area (Å²) in [5, 5.41) is 0. The van der Waals surface area contributed by atoms with Crippen LogP contribution in [0.5, 0.6) is 11.5 Å². The number of hydrogen-bond acceptors (Lipinski definition) is 4. The summed E-state index contributed by atoms with van der Waals surface area (Å²) in [6.07, 6.45) is 14.4. The second-order valence-electron chi connectivity index (χ2n) is 9.36. The number of unbranched alkanes of at least 4 members (excludes halogenated alkanes) is 7. The molecule has 5 heteroatoms. The minimum atomic E-state index is -0.925. The maximum absolute atomic E-state index is 13.6. The van der Waals surface area contributed by atoms with E-state index in [9.17, 15) is 4.39 Å². The van der Waals surface area contributed by atoms with E-state index in [2.05, 4.69) is 16.9 Å². The molecule has 0 saturated carbocycles. The predicted octanol–water partition coefficient (Wildman–Crippen LogP) is 8.85. The first kappa shape index (κ1) is 27.6. The molecule has 0 aliphatic rings. The molecule has 36 heavy (non-hydrogen) atoms. The molecule has 3 rings (SSSR count). The van der Waals surface area contributed by atoms with Gasteiger partial charge >= 0.3 is 0 Å². The minimum Gasteiger partial charge on any atom is -0.494 e. The lowest BCUT2D eigenvalue weighted by molar-refractivity contribution is 0.186. The van der Waals surface area contributed by atoms with Crippen molar-refractivity contribution in [3.8, 4) is 34.0 Å². The van der Waals surface area contributed by atoms with Gasteiger partial charge in [0.1, 0.15) is 24.3 Å². The average Bonchev–Trinajstić information content (AvgIpc) is 2.92. The highest BCUT2D eigenvalue weighted by Gasteiger charge is 2.07. The zero-order valence-corrected chi connectivity index (χ0v) is 21.9. The maximum atomic E-state index is 13.6. The van der Waals surface area contributed by atoms with Crippen molar-refractivity contribution >= 4 is 0 Å². The lowest BCUT2D eigenvalue weighted by atomic mass is 10.1. The molecular weight excluding hydrogens is 451 g/mol. The van der Waals surface area contributed by atoms with Crippen molar-refractivity contribution in [3.63, 3.8) is 0 Å². The zero-order chi connectivity index (χ0) is 25.4. The number of nitrogens with zero attached hydrogens (tertiary/aromatic N) is 2. The summed E-state index contributed by atoms with van der Waals surface area (Å²) in [5.41, 5.74) is 2.87. The Balaban J connectivity index is 1.42. The first-order chi connectivity index (χ1) is 17.7. The van der Waals surface area contributed by atoms with Crippen LogP contribution in [-0.2, 0) is 0 Å². The summed E-state index contributed by atoms with van der Waals surface area (Å²) in [7, 11) is 0. The van der Waals surface area contributed by atoms with Gasteiger partial charge in [-0.05, 0) is 54.8 Å². The quantitative estimate of drug-likeness (QED) is 0.177. The molecule has 0 aliphatic heterocycles. The molecule has 0 radical (unpaired) electrons. The molecular formula is C31H41FN2O2. The number of aromatic nitrogens is 2. The highest BCUT2D eigenvalue weighted by Crippen LogP contribution is 2.24. The second kappa shape index (κ2) is 15.9. The Morgan fingerprint density at radius 1 is 0.639 bits per heavy atom. The van der Waals surface area contributed by atoms with Crippen molar-refractivity contribution in [1.29, 1.82) is 0 Å². The molecule has 2 aromatic carbocycles. The van der Waals surface area contributed by atoms with Gasteiger partial charge in [0.25, 0.3) is 0 Å². The monoisotopic (exact) mass is 492 g/mol. The fraction of sp³-hybridized carbons (Fsp3) is 0.484. The first-order valence-corrected chi connectivity index (χ1v) is 13.6. The molecule has 0 fully saturated rings. The van der Waals surface area contributed by atoms with Crippen molar-refractivity contribution in [2.45, 2.75) is 84.2 Å². The average molecular weight is 493 g/mol. The van der Waals surface area contributed by atoms with Crippen LogP contribution in [0, 0.1) is 0 Å². The number of ether oxygens (including phenoxy) is 2. The van der Waals surface area contributed by atoms with E-state index < -0.39 is 6.17 Å². The molecule has 0 N–H and O–H groups in total. The summed E-state index contributed by atoms with van der Waals surface area (Å²) >= 11 is 0. The molecule has 1 aromatic heterocycles. The molecule has 0 saturated heterocycles. The van der Waals surface area contributed by atoms with Crippen molar-refractivity contribution < 1.29 is 13.9 Å². The Bertz CT molecular complexity index is 975. The summed E-state index contributed by atoms with van der Waals surface area (Å²) in [4.78, 5) is 9.09. The molecule has 0 spiro atoms. The lowest BCUT2D eigenvalue weighted by Gasteiger charge is -2.10. The van der Waals surface area contributed by atoms with Crippen LogP contribution >= 0.6 is 0 Å². The molecule has 1 unspecified atom stereocenters. The Hall–Kier alpha value is -2.95. The van der Waals surface area contributed by atoms with Gasteiger partial charge < -0.3 is 9.47 Å². The summed E-state index contributed by atoms with van der Waals surface area (Å²) in [6, 6.07) is 15.6. The summed E-state index contributed by atoms with van der Waals surface area (Å²) in [5.74, 6) is 2.23. The molecule has 194 valence electrons. The normalized spacial score (nSPS) is 11.9. The minimum absolute atomic E-state index is 0.0913. The van der Waals surface area contributed by atoms with Gasteiger partial charge in [0.2, 0.25) is 0 Å². The van der Waals surface area contributed by atoms with E-state index in [0.717, 1.165) is 41.9 Å². The van der Waals surface area contributed by atoms with E-state index in [0.29, 0.717) is 18.0 Å². The highest BCUT2D eigenvalue weighted by molar-refractivity contribution is 5.64. The number of benzene rings is 2. The van der Waals surface area contributed by atoms with E-state index in [1.165, 1.54) is 44.9 Å². The van der Waals surface area contributed by atoms with Gasteiger partial charge in [-0.2, -0.15) is 0 Å². The van der Waals surface area contributed by atoms with E-state index in [1.54, 1.807) is 0 Å². The number of alkyl halides is 1. The third-order valence-electron chi connectivity index (χ3n) is 6.25. The Morgan fingerprint density at radius 3 is 1.81 bits per heavy atom. The van der Waals surface area contributed by atoms with Crippen LogP contribution in [0.4, 0.5) is 4.39 Å². The number of rotatable bonds is 17. The maximum Gasteiger partial charge on any atom is 0.159 e. The third kappa shape index (κ3) is 9.60. The van der Waals surface area contributed by atoms with Gasteiger partial charge in [-0.15, -0.1) is 0 Å². The Labute approximate surface area is 216 Å². The molecule has 0 bridgehead atoms. The molecule has 0 amide bonds. The van der Waals surface area contributed by atoms with Gasteiger partial charge in [0.05, 0.1) is 6.61 Å². The van der Waals surface area contributed by atoms with E-state index in [4.69, 9.17) is 9.47 Å². The van der Waals surface area contributed by atoms with Crippen molar-refractivity contribution in [1.82, 2.24) is 9.97 Å². The topological polar surface area (TPSA) is 44.2 Å². The predicted molar refractivity (Wildman–Crippen MR) is 146 cm³/mol. The highest BCUT2D eigenvalue weighted by atomic mass is 19.1. The van der Waals surface area contributed by atoms with Crippen LogP contribution in [-0.4, -0.2) is 29.4 Å². The van der Waals surface area contributed by atoms with Gasteiger partial charge in [-0.1, -0.05) is 77.3 Å². The van der Waals surface area contributed by atoms with Gasteiger partial charge in [0.15, 0.2) is 5.82 Å². The summed E-state index contributed by atoms with van der Waals surface area (Å²) < 4.78 is 25.1. The van der Waals surface area contributed by atoms with Gasteiger partial charge in [-0.3, -0.25) is 0 Å². The van der Waals surface area contributed by atoms with Crippen LogP contribution in [0.25, 0.3) is 22.5 Å². The molecule has 1 atom stereocenters. The van der Waals surface area contributed by atoms with Crippen molar-refractivity contribution in [2.75, 3.05) is 13.2 Å². The number of hydrogen-bond donors (Lipinski definition) is 0. The first-order valence-electron chi connectivity index (χ1n) is 13.6. The fourth-order valence-electron chi connectivity index (χ4n) is 4.08. The standard InChI is InChI=1S/C31H41FN2O2/c1-3-5-6-7-8-9-10-11-21-35-29-19-15-26(16-20-29)31-33-22-27(23-34-31)25-13-17-30(18-14-25)36-24-28(32)12-4-2/h13-20,22-23,28H,3-12,21,24H2,1-2H3. The van der Waals surface area contributed by atoms with Gasteiger partial charge in [0, 0.05) is 23.5 Å². The molecule has 1 heterocycles. The summed E-state index contributed by atoms with van der Waals surface area (Å²) in [6.45, 7) is 5.08. The van der Waals surface area contributed by atoms with Gasteiger partial charge in [-0.25, -0.2) is 14.4 Å². The SMILES string of the molecule is CCCCCCCCCCOc1ccc(-c2ncc(-c3ccc(OCC(F)CCC)cc3)cn2)cc1. The van der Waals surface area contributed by atoms with Crippen LogP contribution in [0.15, 0.2) is 60.9 Å². The molecule has 4 nitrogen and oxygen atoms in total. The number of halogens is 1. The van der Waals surface area contributed by atoms with E-state index >= 15 is 0 Å². The lowest BCUT2D eigenvalue weighted by Crippen LogP contribution is -2.12. The Kier molecular flexibility index (Phi) is 12.2. The molecule has 3 aromatic rings. The zero-order valence-electron chi connectivity index (χ0n) is 21.9. The fourth-order valence-corrected chi connectivity index (χ4v) is 4.08. The largest absolute Gasteiger partial charge is 0.494 e. The van der Waals surface area contributed by atoms with Crippen LogP contribution in [0.3, 0.4) is 0 Å². The second-order valence-corrected chi connectivity index (χ2v) is 9.36. The van der Waals surface area contributed by atoms with Crippen molar-refractivity contribution in [2.24, 2.45) is 0 Å².